The highest BCUT2D eigenvalue weighted by Crippen LogP contribution is 2.28. The zero-order valence-electron chi connectivity index (χ0n) is 13.0. The molecule has 2 heterocycles. The second-order valence-electron chi connectivity index (χ2n) is 7.16. The van der Waals surface area contributed by atoms with Crippen LogP contribution in [0.3, 0.4) is 0 Å². The largest absolute Gasteiger partial charge is 0.381 e. The maximum Gasteiger partial charge on any atom is 0.0506 e. The van der Waals surface area contributed by atoms with E-state index in [0.29, 0.717) is 0 Å². The minimum atomic E-state index is 0.752. The molecule has 2 unspecified atom stereocenters. The molecule has 0 bridgehead atoms. The van der Waals surface area contributed by atoms with E-state index in [1.807, 2.05) is 0 Å². The van der Waals surface area contributed by atoms with Crippen molar-refractivity contribution in [3.05, 3.63) is 0 Å². The first-order valence-corrected chi connectivity index (χ1v) is 8.95. The topological polar surface area (TPSA) is 24.5 Å². The van der Waals surface area contributed by atoms with Gasteiger partial charge in [-0.15, -0.1) is 0 Å². The highest BCUT2D eigenvalue weighted by atomic mass is 16.5. The molecule has 3 aliphatic rings. The van der Waals surface area contributed by atoms with E-state index in [1.165, 1.54) is 77.5 Å². The molecule has 1 saturated carbocycles. The first-order valence-electron chi connectivity index (χ1n) is 8.95. The average molecular weight is 280 g/mol. The third-order valence-corrected chi connectivity index (χ3v) is 5.50. The Balaban J connectivity index is 1.51. The van der Waals surface area contributed by atoms with Gasteiger partial charge in [-0.1, -0.05) is 19.3 Å². The van der Waals surface area contributed by atoms with Gasteiger partial charge < -0.3 is 15.0 Å². The van der Waals surface area contributed by atoms with Crippen LogP contribution in [0.25, 0.3) is 0 Å². The minimum Gasteiger partial charge on any atom is -0.381 e. The highest BCUT2D eigenvalue weighted by molar-refractivity contribution is 4.85. The number of nitrogens with zero attached hydrogens (tertiary/aromatic N) is 1. The second-order valence-corrected chi connectivity index (χ2v) is 7.16. The van der Waals surface area contributed by atoms with Crippen molar-refractivity contribution in [1.82, 2.24) is 10.2 Å². The van der Waals surface area contributed by atoms with Gasteiger partial charge in [0.05, 0.1) is 6.61 Å². The Morgan fingerprint density at radius 2 is 1.90 bits per heavy atom. The molecule has 0 aromatic carbocycles. The second kappa shape index (κ2) is 7.77. The molecule has 3 fully saturated rings. The summed E-state index contributed by atoms with van der Waals surface area (Å²) in [4.78, 5) is 2.73. The molecular weight excluding hydrogens is 248 g/mol. The molecule has 3 rings (SSSR count). The van der Waals surface area contributed by atoms with E-state index in [9.17, 15) is 0 Å². The minimum absolute atomic E-state index is 0.752. The molecule has 0 spiro atoms. The lowest BCUT2D eigenvalue weighted by atomic mass is 9.83. The van der Waals surface area contributed by atoms with Crippen molar-refractivity contribution < 1.29 is 4.74 Å². The average Bonchev–Trinajstić information content (AvgIpc) is 2.75. The third-order valence-electron chi connectivity index (χ3n) is 5.50. The van der Waals surface area contributed by atoms with E-state index in [2.05, 4.69) is 10.2 Å². The summed E-state index contributed by atoms with van der Waals surface area (Å²) < 4.78 is 5.66. The Bertz CT molecular complexity index is 272. The summed E-state index contributed by atoms with van der Waals surface area (Å²) >= 11 is 0. The van der Waals surface area contributed by atoms with Gasteiger partial charge in [0.2, 0.25) is 0 Å². The number of hydrogen-bond acceptors (Lipinski definition) is 3. The van der Waals surface area contributed by atoms with Crippen LogP contribution in [-0.2, 0) is 4.74 Å². The van der Waals surface area contributed by atoms with Gasteiger partial charge in [0.1, 0.15) is 0 Å². The van der Waals surface area contributed by atoms with Gasteiger partial charge in [0.15, 0.2) is 0 Å². The summed E-state index contributed by atoms with van der Waals surface area (Å²) in [5, 5.41) is 3.85. The van der Waals surface area contributed by atoms with Crippen molar-refractivity contribution in [1.29, 1.82) is 0 Å². The van der Waals surface area contributed by atoms with Crippen LogP contribution in [0.4, 0.5) is 0 Å². The SMILES string of the molecule is C1CCC(C2CN(CC3CCCOC3)CCCN2)CC1. The molecule has 1 N–H and O–H groups in total. The zero-order valence-corrected chi connectivity index (χ0v) is 13.0. The van der Waals surface area contributed by atoms with E-state index in [1.54, 1.807) is 0 Å². The van der Waals surface area contributed by atoms with Crippen molar-refractivity contribution in [2.45, 2.75) is 57.4 Å². The predicted octanol–water partition coefficient (Wildman–Crippen LogP) is 2.66. The van der Waals surface area contributed by atoms with Gasteiger partial charge in [-0.2, -0.15) is 0 Å². The van der Waals surface area contributed by atoms with Crippen molar-refractivity contribution in [3.8, 4) is 0 Å². The van der Waals surface area contributed by atoms with E-state index < -0.39 is 0 Å². The standard InChI is InChI=1S/C17H32N2O/c1-2-7-16(8-3-1)17-13-19(10-5-9-18-17)12-15-6-4-11-20-14-15/h15-18H,1-14H2. The smallest absolute Gasteiger partial charge is 0.0506 e. The van der Waals surface area contributed by atoms with Crippen molar-refractivity contribution in [2.75, 3.05) is 39.4 Å². The van der Waals surface area contributed by atoms with E-state index in [-0.39, 0.29) is 0 Å². The lowest BCUT2D eigenvalue weighted by molar-refractivity contribution is 0.0370. The summed E-state index contributed by atoms with van der Waals surface area (Å²) in [5.74, 6) is 1.72. The Morgan fingerprint density at radius 3 is 2.70 bits per heavy atom. The molecule has 0 aromatic heterocycles. The molecular formula is C17H32N2O. The van der Waals surface area contributed by atoms with Crippen LogP contribution in [0.5, 0.6) is 0 Å². The number of ether oxygens (including phenoxy) is 1. The Hall–Kier alpha value is -0.120. The molecule has 0 amide bonds. The molecule has 2 saturated heterocycles. The summed E-state index contributed by atoms with van der Waals surface area (Å²) in [7, 11) is 0. The molecule has 20 heavy (non-hydrogen) atoms. The first kappa shape index (κ1) is 14.8. The number of nitrogens with one attached hydrogen (secondary N) is 1. The molecule has 3 heteroatoms. The maximum absolute atomic E-state index is 5.66. The number of rotatable bonds is 3. The van der Waals surface area contributed by atoms with Gasteiger partial charge in [0, 0.05) is 25.7 Å². The molecule has 3 nitrogen and oxygen atoms in total. The molecule has 0 aromatic rings. The van der Waals surface area contributed by atoms with Gasteiger partial charge in [0.25, 0.3) is 0 Å². The summed E-state index contributed by atoms with van der Waals surface area (Å²) in [6.07, 6.45) is 11.2. The van der Waals surface area contributed by atoms with Crippen LogP contribution in [0.2, 0.25) is 0 Å². The fraction of sp³-hybridized carbons (Fsp3) is 1.00. The van der Waals surface area contributed by atoms with Crippen molar-refractivity contribution >= 4 is 0 Å². The normalized spacial score (nSPS) is 34.8. The van der Waals surface area contributed by atoms with Crippen LogP contribution in [0, 0.1) is 11.8 Å². The predicted molar refractivity (Wildman–Crippen MR) is 83.0 cm³/mol. The quantitative estimate of drug-likeness (QED) is 0.860. The Labute approximate surface area is 124 Å². The van der Waals surface area contributed by atoms with Gasteiger partial charge >= 0.3 is 0 Å². The van der Waals surface area contributed by atoms with Gasteiger partial charge in [-0.05, 0) is 57.0 Å². The fourth-order valence-corrected chi connectivity index (χ4v) is 4.36. The highest BCUT2D eigenvalue weighted by Gasteiger charge is 2.28. The van der Waals surface area contributed by atoms with Crippen LogP contribution < -0.4 is 5.32 Å². The lowest BCUT2D eigenvalue weighted by Gasteiger charge is -2.34. The molecule has 116 valence electrons. The summed E-state index contributed by atoms with van der Waals surface area (Å²) in [6, 6.07) is 0.752. The van der Waals surface area contributed by atoms with Crippen LogP contribution >= 0.6 is 0 Å². The summed E-state index contributed by atoms with van der Waals surface area (Å²) in [5.41, 5.74) is 0. The maximum atomic E-state index is 5.66. The molecule has 0 radical (unpaired) electrons. The number of hydrogen-bond donors (Lipinski definition) is 1. The van der Waals surface area contributed by atoms with Gasteiger partial charge in [-0.25, -0.2) is 0 Å². The van der Waals surface area contributed by atoms with Crippen molar-refractivity contribution in [2.24, 2.45) is 11.8 Å². The van der Waals surface area contributed by atoms with E-state index in [4.69, 9.17) is 4.74 Å². The lowest BCUT2D eigenvalue weighted by Crippen LogP contribution is -2.45. The Morgan fingerprint density at radius 1 is 1.00 bits per heavy atom. The van der Waals surface area contributed by atoms with Gasteiger partial charge in [-0.3, -0.25) is 0 Å². The zero-order chi connectivity index (χ0) is 13.6. The van der Waals surface area contributed by atoms with Crippen molar-refractivity contribution in [3.63, 3.8) is 0 Å². The fourth-order valence-electron chi connectivity index (χ4n) is 4.36. The molecule has 2 aliphatic heterocycles. The van der Waals surface area contributed by atoms with E-state index in [0.717, 1.165) is 31.1 Å². The first-order chi connectivity index (χ1) is 9.92. The third kappa shape index (κ3) is 4.19. The van der Waals surface area contributed by atoms with E-state index >= 15 is 0 Å². The summed E-state index contributed by atoms with van der Waals surface area (Å²) in [6.45, 7) is 7.04. The van der Waals surface area contributed by atoms with Crippen LogP contribution in [0.15, 0.2) is 0 Å². The van der Waals surface area contributed by atoms with Crippen LogP contribution in [0.1, 0.15) is 51.4 Å². The molecule has 1 aliphatic carbocycles. The molecule has 2 atom stereocenters. The monoisotopic (exact) mass is 280 g/mol. The van der Waals surface area contributed by atoms with Crippen LogP contribution in [-0.4, -0.2) is 50.3 Å². The Kier molecular flexibility index (Phi) is 5.75.